The topological polar surface area (TPSA) is 25.2 Å². The molecule has 1 saturated heterocycles. The van der Waals surface area contributed by atoms with Gasteiger partial charge >= 0.3 is 0 Å². The van der Waals surface area contributed by atoms with Gasteiger partial charge in [-0.15, -0.1) is 0 Å². The molecule has 0 aliphatic carbocycles. The first-order chi connectivity index (χ1) is 6.85. The summed E-state index contributed by atoms with van der Waals surface area (Å²) in [5, 5.41) is 3.67. The first-order valence-corrected chi connectivity index (χ1v) is 5.61. The van der Waals surface area contributed by atoms with Gasteiger partial charge in [-0.25, -0.2) is 0 Å². The van der Waals surface area contributed by atoms with Crippen molar-refractivity contribution in [1.29, 1.82) is 0 Å². The Labute approximate surface area is 85.7 Å². The molecule has 1 unspecified atom stereocenters. The van der Waals surface area contributed by atoms with E-state index in [9.17, 15) is 0 Å². The maximum Gasteiger partial charge on any atom is 0.0935 e. The first-order valence-electron chi connectivity index (χ1n) is 5.61. The van der Waals surface area contributed by atoms with Crippen molar-refractivity contribution in [2.24, 2.45) is 0 Å². The van der Waals surface area contributed by atoms with E-state index in [-0.39, 0.29) is 0 Å². The molecule has 0 spiro atoms. The van der Waals surface area contributed by atoms with E-state index < -0.39 is 0 Å². The van der Waals surface area contributed by atoms with E-state index in [0.717, 1.165) is 6.42 Å². The van der Waals surface area contributed by atoms with Gasteiger partial charge < -0.3 is 9.73 Å². The third-order valence-electron chi connectivity index (χ3n) is 3.18. The van der Waals surface area contributed by atoms with E-state index >= 15 is 0 Å². The molecular formula is C12H19NO. The number of nitrogens with one attached hydrogen (secondary N) is 1. The SMILES string of the molecule is CCCC1(Cc2ccoc2)CCCN1. The van der Waals surface area contributed by atoms with Crippen molar-refractivity contribution >= 4 is 0 Å². The highest BCUT2D eigenvalue weighted by molar-refractivity contribution is 5.12. The zero-order chi connectivity index (χ0) is 9.86. The predicted molar refractivity (Wildman–Crippen MR) is 57.3 cm³/mol. The summed E-state index contributed by atoms with van der Waals surface area (Å²) in [5.74, 6) is 0. The molecule has 1 aromatic heterocycles. The Morgan fingerprint density at radius 1 is 1.57 bits per heavy atom. The van der Waals surface area contributed by atoms with Crippen molar-refractivity contribution in [1.82, 2.24) is 5.32 Å². The monoisotopic (exact) mass is 193 g/mol. The lowest BCUT2D eigenvalue weighted by Crippen LogP contribution is -2.41. The van der Waals surface area contributed by atoms with Gasteiger partial charge in [-0.1, -0.05) is 13.3 Å². The molecule has 1 atom stereocenters. The Hall–Kier alpha value is -0.760. The van der Waals surface area contributed by atoms with E-state index in [2.05, 4.69) is 18.3 Å². The molecule has 78 valence electrons. The lowest BCUT2D eigenvalue weighted by Gasteiger charge is -2.28. The summed E-state index contributed by atoms with van der Waals surface area (Å²) in [4.78, 5) is 0. The van der Waals surface area contributed by atoms with Crippen LogP contribution in [0.25, 0.3) is 0 Å². The summed E-state index contributed by atoms with van der Waals surface area (Å²) in [6, 6.07) is 2.08. The number of hydrogen-bond acceptors (Lipinski definition) is 2. The summed E-state index contributed by atoms with van der Waals surface area (Å²) in [7, 11) is 0. The maximum atomic E-state index is 5.12. The second kappa shape index (κ2) is 4.18. The van der Waals surface area contributed by atoms with Gasteiger partial charge in [0.2, 0.25) is 0 Å². The third kappa shape index (κ3) is 2.01. The second-order valence-corrected chi connectivity index (χ2v) is 4.37. The molecule has 2 heterocycles. The molecule has 2 heteroatoms. The van der Waals surface area contributed by atoms with Gasteiger partial charge in [0.1, 0.15) is 0 Å². The van der Waals surface area contributed by atoms with Crippen LogP contribution < -0.4 is 5.32 Å². The summed E-state index contributed by atoms with van der Waals surface area (Å²) >= 11 is 0. The predicted octanol–water partition coefficient (Wildman–Crippen LogP) is 2.74. The van der Waals surface area contributed by atoms with Crippen molar-refractivity contribution in [2.75, 3.05) is 6.54 Å². The van der Waals surface area contributed by atoms with Crippen LogP contribution in [0, 0.1) is 0 Å². The molecule has 14 heavy (non-hydrogen) atoms. The van der Waals surface area contributed by atoms with E-state index in [1.807, 2.05) is 6.26 Å². The molecule has 0 radical (unpaired) electrons. The van der Waals surface area contributed by atoms with Crippen molar-refractivity contribution in [2.45, 2.75) is 44.6 Å². The van der Waals surface area contributed by atoms with E-state index in [0.29, 0.717) is 5.54 Å². The van der Waals surface area contributed by atoms with Crippen molar-refractivity contribution in [3.05, 3.63) is 24.2 Å². The Kier molecular flexibility index (Phi) is 2.92. The fourth-order valence-electron chi connectivity index (χ4n) is 2.58. The summed E-state index contributed by atoms with van der Waals surface area (Å²) in [6.07, 6.45) is 9.92. The van der Waals surface area contributed by atoms with Crippen LogP contribution in [-0.2, 0) is 6.42 Å². The molecular weight excluding hydrogens is 174 g/mol. The molecule has 1 aromatic rings. The van der Waals surface area contributed by atoms with Gasteiger partial charge in [0.25, 0.3) is 0 Å². The van der Waals surface area contributed by atoms with Crippen LogP contribution in [0.4, 0.5) is 0 Å². The Morgan fingerprint density at radius 2 is 2.50 bits per heavy atom. The Morgan fingerprint density at radius 3 is 3.07 bits per heavy atom. The molecule has 1 aliphatic rings. The van der Waals surface area contributed by atoms with Crippen molar-refractivity contribution < 1.29 is 4.42 Å². The molecule has 1 aliphatic heterocycles. The standard InChI is InChI=1S/C12H19NO/c1-2-5-12(6-3-7-13-12)9-11-4-8-14-10-11/h4,8,10,13H,2-3,5-7,9H2,1H3. The van der Waals surface area contributed by atoms with Crippen LogP contribution in [0.1, 0.15) is 38.2 Å². The first kappa shape index (κ1) is 9.78. The number of hydrogen-bond donors (Lipinski definition) is 1. The number of furan rings is 1. The zero-order valence-corrected chi connectivity index (χ0v) is 8.88. The fourth-order valence-corrected chi connectivity index (χ4v) is 2.58. The van der Waals surface area contributed by atoms with Gasteiger partial charge in [-0.3, -0.25) is 0 Å². The van der Waals surface area contributed by atoms with Gasteiger partial charge in [0.05, 0.1) is 12.5 Å². The van der Waals surface area contributed by atoms with Crippen LogP contribution in [-0.4, -0.2) is 12.1 Å². The Balaban J connectivity index is 2.04. The second-order valence-electron chi connectivity index (χ2n) is 4.37. The van der Waals surface area contributed by atoms with Crippen molar-refractivity contribution in [3.8, 4) is 0 Å². The van der Waals surface area contributed by atoms with Crippen LogP contribution >= 0.6 is 0 Å². The highest BCUT2D eigenvalue weighted by Crippen LogP contribution is 2.28. The quantitative estimate of drug-likeness (QED) is 0.795. The summed E-state index contributed by atoms with van der Waals surface area (Å²) < 4.78 is 5.12. The molecule has 1 N–H and O–H groups in total. The maximum absolute atomic E-state index is 5.12. The van der Waals surface area contributed by atoms with E-state index in [1.54, 1.807) is 6.26 Å². The average Bonchev–Trinajstić information content (AvgIpc) is 2.78. The van der Waals surface area contributed by atoms with Gasteiger partial charge in [0.15, 0.2) is 0 Å². The minimum Gasteiger partial charge on any atom is -0.472 e. The summed E-state index contributed by atoms with van der Waals surface area (Å²) in [5.41, 5.74) is 1.69. The smallest absolute Gasteiger partial charge is 0.0935 e. The molecule has 2 nitrogen and oxygen atoms in total. The molecule has 0 saturated carbocycles. The normalized spacial score (nSPS) is 26.9. The minimum absolute atomic E-state index is 0.360. The van der Waals surface area contributed by atoms with Crippen LogP contribution in [0.5, 0.6) is 0 Å². The lowest BCUT2D eigenvalue weighted by molar-refractivity contribution is 0.341. The van der Waals surface area contributed by atoms with Gasteiger partial charge in [-0.05, 0) is 43.9 Å². The zero-order valence-electron chi connectivity index (χ0n) is 8.88. The molecule has 2 rings (SSSR count). The number of rotatable bonds is 4. The van der Waals surface area contributed by atoms with Gasteiger partial charge in [-0.2, -0.15) is 0 Å². The molecule has 0 aromatic carbocycles. The van der Waals surface area contributed by atoms with Crippen LogP contribution in [0.15, 0.2) is 23.0 Å². The third-order valence-corrected chi connectivity index (χ3v) is 3.18. The summed E-state index contributed by atoms with van der Waals surface area (Å²) in [6.45, 7) is 3.44. The minimum atomic E-state index is 0.360. The highest BCUT2D eigenvalue weighted by atomic mass is 16.3. The molecule has 0 bridgehead atoms. The Bertz CT molecular complexity index is 260. The molecule has 0 amide bonds. The average molecular weight is 193 g/mol. The van der Waals surface area contributed by atoms with Crippen molar-refractivity contribution in [3.63, 3.8) is 0 Å². The largest absolute Gasteiger partial charge is 0.472 e. The fraction of sp³-hybridized carbons (Fsp3) is 0.667. The van der Waals surface area contributed by atoms with Gasteiger partial charge in [0, 0.05) is 5.54 Å². The van der Waals surface area contributed by atoms with Crippen LogP contribution in [0.3, 0.4) is 0 Å². The lowest BCUT2D eigenvalue weighted by atomic mass is 9.86. The van der Waals surface area contributed by atoms with Crippen LogP contribution in [0.2, 0.25) is 0 Å². The highest BCUT2D eigenvalue weighted by Gasteiger charge is 2.32. The molecule has 1 fully saturated rings. The van der Waals surface area contributed by atoms with E-state index in [4.69, 9.17) is 4.42 Å². The van der Waals surface area contributed by atoms with E-state index in [1.165, 1.54) is 37.8 Å².